The molecule has 4 nitrogen and oxygen atoms in total. The summed E-state index contributed by atoms with van der Waals surface area (Å²) in [7, 11) is -0.572. The van der Waals surface area contributed by atoms with E-state index in [9.17, 15) is 9.59 Å². The lowest BCUT2D eigenvalue weighted by atomic mass is 10.4. The molecule has 1 unspecified atom stereocenters. The van der Waals surface area contributed by atoms with Crippen LogP contribution in [0.4, 0.5) is 0 Å². The topological polar surface area (TPSA) is 50.3 Å². The summed E-state index contributed by atoms with van der Waals surface area (Å²) in [5, 5.41) is 1.68. The maximum atomic E-state index is 11.6. The molecule has 0 aliphatic rings. The van der Waals surface area contributed by atoms with Crippen molar-refractivity contribution in [3.63, 3.8) is 0 Å². The molecule has 0 radical (unpaired) electrons. The molecule has 0 saturated heterocycles. The van der Waals surface area contributed by atoms with Gasteiger partial charge in [-0.25, -0.2) is 9.78 Å². The van der Waals surface area contributed by atoms with E-state index in [1.165, 1.54) is 0 Å². The molecule has 0 aromatic carbocycles. The molecule has 1 aromatic rings. The highest BCUT2D eigenvalue weighted by Gasteiger charge is 2.22. The number of amides is 1. The Labute approximate surface area is 91.9 Å². The number of hydrogen-bond acceptors (Lipinski definition) is 3. The maximum Gasteiger partial charge on any atom is 0.366 e. The van der Waals surface area contributed by atoms with Gasteiger partial charge < -0.3 is 4.90 Å². The normalized spacial score (nSPS) is 11.2. The van der Waals surface area contributed by atoms with Crippen LogP contribution in [-0.4, -0.2) is 34.0 Å². The van der Waals surface area contributed by atoms with Crippen LogP contribution < -0.4 is 0 Å². The van der Waals surface area contributed by atoms with Gasteiger partial charge in [0.25, 0.3) is 0 Å². The monoisotopic (exact) mass is 227 g/mol. The van der Waals surface area contributed by atoms with E-state index in [4.69, 9.17) is 0 Å². The number of aromatic nitrogens is 1. The lowest BCUT2D eigenvalue weighted by Crippen LogP contribution is -2.31. The van der Waals surface area contributed by atoms with E-state index in [0.717, 1.165) is 0 Å². The average Bonchev–Trinajstić information content (AvgIpc) is 2.72. The zero-order chi connectivity index (χ0) is 11.3. The number of carbonyl (C=O) groups excluding carboxylic acids is 2. The molecule has 1 heterocycles. The van der Waals surface area contributed by atoms with Crippen molar-refractivity contribution in [2.45, 2.75) is 20.3 Å². The van der Waals surface area contributed by atoms with Gasteiger partial charge in [-0.1, -0.05) is 0 Å². The lowest BCUT2D eigenvalue weighted by Gasteiger charge is -2.16. The minimum Gasteiger partial charge on any atom is -0.343 e. The number of rotatable bonds is 5. The quantitative estimate of drug-likeness (QED) is 0.568. The molecular formula is C10H15N2O2S+. The van der Waals surface area contributed by atoms with Gasteiger partial charge in [0.15, 0.2) is 5.38 Å². The fraction of sp³-hybridized carbons (Fsp3) is 0.500. The highest BCUT2D eigenvalue weighted by molar-refractivity contribution is 7.49. The standard InChI is InChI=1S/C10H15N2O2S/c1-3-12(4-2)9(13)7-10(14)15-6-5-11-8-15/h5-6,8H,3-4,7H2,1-2H3/q+1. The zero-order valence-corrected chi connectivity index (χ0v) is 9.79. The summed E-state index contributed by atoms with van der Waals surface area (Å²) in [6.07, 6.45) is 1.59. The highest BCUT2D eigenvalue weighted by Crippen LogP contribution is 2.18. The van der Waals surface area contributed by atoms with Crippen molar-refractivity contribution in [1.82, 2.24) is 9.88 Å². The zero-order valence-electron chi connectivity index (χ0n) is 8.97. The molecule has 1 atom stereocenters. The van der Waals surface area contributed by atoms with Crippen LogP contribution in [0.25, 0.3) is 0 Å². The summed E-state index contributed by atoms with van der Waals surface area (Å²) in [6, 6.07) is 0. The third kappa shape index (κ3) is 3.13. The minimum atomic E-state index is -0.572. The largest absolute Gasteiger partial charge is 0.366 e. The van der Waals surface area contributed by atoms with E-state index in [2.05, 4.69) is 4.98 Å². The second-order valence-corrected chi connectivity index (χ2v) is 4.71. The van der Waals surface area contributed by atoms with Crippen molar-refractivity contribution in [2.75, 3.05) is 13.1 Å². The minimum absolute atomic E-state index is 0.0127. The van der Waals surface area contributed by atoms with E-state index in [1.54, 1.807) is 22.0 Å². The Morgan fingerprint density at radius 2 is 2.00 bits per heavy atom. The number of nitrogens with zero attached hydrogens (tertiary/aromatic N) is 2. The Morgan fingerprint density at radius 1 is 1.33 bits per heavy atom. The second kappa shape index (κ2) is 5.60. The van der Waals surface area contributed by atoms with Crippen LogP contribution in [0.5, 0.6) is 0 Å². The molecule has 1 aromatic heterocycles. The van der Waals surface area contributed by atoms with Gasteiger partial charge in [-0.2, -0.15) is 0 Å². The maximum absolute atomic E-state index is 11.6. The van der Waals surface area contributed by atoms with E-state index >= 15 is 0 Å². The Balaban J connectivity index is 2.55. The van der Waals surface area contributed by atoms with Gasteiger partial charge >= 0.3 is 5.12 Å². The van der Waals surface area contributed by atoms with Crippen molar-refractivity contribution >= 4 is 21.5 Å². The molecule has 5 heteroatoms. The van der Waals surface area contributed by atoms with E-state index < -0.39 is 10.5 Å². The number of hydrogen-bond donors (Lipinski definition) is 0. The van der Waals surface area contributed by atoms with Gasteiger partial charge in [-0.3, -0.25) is 4.79 Å². The Bertz CT molecular complexity index is 331. The van der Waals surface area contributed by atoms with Gasteiger partial charge in [-0.15, -0.1) is 0 Å². The Hall–Kier alpha value is -1.23. The third-order valence-electron chi connectivity index (χ3n) is 2.14. The van der Waals surface area contributed by atoms with Crippen LogP contribution in [0.1, 0.15) is 25.1 Å². The first-order valence-corrected chi connectivity index (χ1v) is 6.26. The van der Waals surface area contributed by atoms with Gasteiger partial charge in [0.2, 0.25) is 11.4 Å². The molecule has 0 aliphatic heterocycles. The van der Waals surface area contributed by atoms with E-state index in [0.29, 0.717) is 13.1 Å². The van der Waals surface area contributed by atoms with Crippen LogP contribution in [0, 0.1) is 0 Å². The molecule has 15 heavy (non-hydrogen) atoms. The van der Waals surface area contributed by atoms with Gasteiger partial charge in [-0.05, 0) is 13.8 Å². The molecule has 1 amide bonds. The molecular weight excluding hydrogens is 212 g/mol. The first-order chi connectivity index (χ1) is 7.19. The van der Waals surface area contributed by atoms with Gasteiger partial charge in [0.1, 0.15) is 6.42 Å². The first-order valence-electron chi connectivity index (χ1n) is 4.91. The molecule has 0 spiro atoms. The van der Waals surface area contributed by atoms with Crippen molar-refractivity contribution in [3.05, 3.63) is 17.1 Å². The fourth-order valence-corrected chi connectivity index (χ4v) is 2.30. The molecule has 0 N–H and O–H groups in total. The summed E-state index contributed by atoms with van der Waals surface area (Å²) in [5.74, 6) is -0.0915. The fourth-order valence-electron chi connectivity index (χ4n) is 1.27. The summed E-state index contributed by atoms with van der Waals surface area (Å²) < 4.78 is 0. The third-order valence-corrected chi connectivity index (χ3v) is 3.58. The smallest absolute Gasteiger partial charge is 0.343 e. The van der Waals surface area contributed by atoms with E-state index in [1.807, 2.05) is 13.8 Å². The van der Waals surface area contributed by atoms with Crippen LogP contribution in [0.3, 0.4) is 0 Å². The molecule has 0 bridgehead atoms. The van der Waals surface area contributed by atoms with Gasteiger partial charge in [0.05, 0.1) is 16.7 Å². The molecule has 1 rings (SSSR count). The predicted octanol–water partition coefficient (Wildman–Crippen LogP) is 1.73. The average molecular weight is 227 g/mol. The van der Waals surface area contributed by atoms with Crippen LogP contribution in [0.2, 0.25) is 0 Å². The van der Waals surface area contributed by atoms with Crippen molar-refractivity contribution in [3.8, 4) is 0 Å². The Morgan fingerprint density at radius 3 is 2.47 bits per heavy atom. The lowest BCUT2D eigenvalue weighted by molar-refractivity contribution is -0.129. The summed E-state index contributed by atoms with van der Waals surface area (Å²) in [5.41, 5.74) is 1.60. The van der Waals surface area contributed by atoms with Crippen LogP contribution >= 0.6 is 10.5 Å². The highest BCUT2D eigenvalue weighted by atomic mass is 32.2. The molecule has 0 aliphatic carbocycles. The van der Waals surface area contributed by atoms with Crippen molar-refractivity contribution in [1.29, 1.82) is 0 Å². The van der Waals surface area contributed by atoms with E-state index in [-0.39, 0.29) is 17.4 Å². The van der Waals surface area contributed by atoms with Crippen LogP contribution in [0.15, 0.2) is 17.1 Å². The molecule has 0 fully saturated rings. The molecule has 82 valence electrons. The Kier molecular flexibility index (Phi) is 4.42. The number of carbonyl (C=O) groups is 2. The first kappa shape index (κ1) is 11.8. The summed E-state index contributed by atoms with van der Waals surface area (Å²) in [6.45, 7) is 5.12. The van der Waals surface area contributed by atoms with Crippen molar-refractivity contribution < 1.29 is 9.59 Å². The predicted molar refractivity (Wildman–Crippen MR) is 59.9 cm³/mol. The van der Waals surface area contributed by atoms with Crippen LogP contribution in [-0.2, 0) is 4.79 Å². The SMILES string of the molecule is CCN(CC)C(=O)CC(=O)[s+]1ccnc1. The molecule has 0 saturated carbocycles. The van der Waals surface area contributed by atoms with Crippen molar-refractivity contribution in [2.24, 2.45) is 0 Å². The van der Waals surface area contributed by atoms with Gasteiger partial charge in [0, 0.05) is 13.1 Å². The summed E-state index contributed by atoms with van der Waals surface area (Å²) in [4.78, 5) is 28.7. The number of thiazole rings is 1. The summed E-state index contributed by atoms with van der Waals surface area (Å²) >= 11 is 0. The second-order valence-electron chi connectivity index (χ2n) is 3.03.